The lowest BCUT2D eigenvalue weighted by Crippen LogP contribution is -2.04. The van der Waals surface area contributed by atoms with Crippen LogP contribution in [0.4, 0.5) is 13.2 Å². The van der Waals surface area contributed by atoms with Gasteiger partial charge in [0.25, 0.3) is 0 Å². The number of alkyl halides is 3. The van der Waals surface area contributed by atoms with Gasteiger partial charge in [0.15, 0.2) is 0 Å². The van der Waals surface area contributed by atoms with Crippen molar-refractivity contribution >= 4 is 0 Å². The zero-order valence-corrected chi connectivity index (χ0v) is 9.53. The van der Waals surface area contributed by atoms with Crippen molar-refractivity contribution in [2.45, 2.75) is 13.1 Å². The molecule has 2 aromatic rings. The highest BCUT2D eigenvalue weighted by Crippen LogP contribution is 2.32. The molecule has 94 valence electrons. The van der Waals surface area contributed by atoms with E-state index in [4.69, 9.17) is 4.74 Å². The number of benzene rings is 1. The number of halogens is 3. The first-order valence-corrected chi connectivity index (χ1v) is 5.24. The predicted molar refractivity (Wildman–Crippen MR) is 60.5 cm³/mol. The number of aromatic nitrogens is 1. The molecule has 0 aliphatic rings. The van der Waals surface area contributed by atoms with Crippen LogP contribution in [0, 0.1) is 6.92 Å². The molecule has 0 saturated heterocycles. The lowest BCUT2D eigenvalue weighted by atomic mass is 10.2. The first-order valence-electron chi connectivity index (χ1n) is 5.24. The van der Waals surface area contributed by atoms with Gasteiger partial charge in [-0.3, -0.25) is 0 Å². The predicted octanol–water partition coefficient (Wildman–Crippen LogP) is 4.20. The fraction of sp³-hybridized carbons (Fsp3) is 0.154. The van der Waals surface area contributed by atoms with E-state index in [9.17, 15) is 13.2 Å². The van der Waals surface area contributed by atoms with E-state index in [0.717, 1.165) is 17.8 Å². The lowest BCUT2D eigenvalue weighted by molar-refractivity contribution is -0.137. The second-order valence-corrected chi connectivity index (χ2v) is 3.74. The monoisotopic (exact) mass is 253 g/mol. The summed E-state index contributed by atoms with van der Waals surface area (Å²) in [4.78, 5) is 4.06. The molecule has 5 heteroatoms. The van der Waals surface area contributed by atoms with Gasteiger partial charge in [-0.15, -0.1) is 0 Å². The van der Waals surface area contributed by atoms with Gasteiger partial charge in [-0.2, -0.15) is 13.2 Å². The maximum atomic E-state index is 12.5. The zero-order valence-electron chi connectivity index (χ0n) is 9.53. The summed E-state index contributed by atoms with van der Waals surface area (Å²) in [6, 6.07) is 9.80. The zero-order chi connectivity index (χ0) is 13.2. The number of ether oxygens (including phenoxy) is 1. The van der Waals surface area contributed by atoms with Crippen LogP contribution in [-0.4, -0.2) is 4.98 Å². The van der Waals surface area contributed by atoms with Gasteiger partial charge in [-0.05, 0) is 31.2 Å². The molecule has 0 spiro atoms. The van der Waals surface area contributed by atoms with Crippen molar-refractivity contribution in [1.82, 2.24) is 4.98 Å². The molecule has 0 fully saturated rings. The highest BCUT2D eigenvalue weighted by atomic mass is 19.4. The Morgan fingerprint density at radius 3 is 2.44 bits per heavy atom. The average molecular weight is 253 g/mol. The standard InChI is InChI=1S/C13H10F3NO/c1-9-4-2-7-12(17-9)18-11-6-3-5-10(8-11)13(14,15)16/h2-8H,1H3. The van der Waals surface area contributed by atoms with Gasteiger partial charge in [0, 0.05) is 11.8 Å². The summed E-state index contributed by atoms with van der Waals surface area (Å²) < 4.78 is 42.8. The molecule has 2 nitrogen and oxygen atoms in total. The molecule has 0 bridgehead atoms. The van der Waals surface area contributed by atoms with Crippen LogP contribution in [-0.2, 0) is 6.18 Å². The summed E-state index contributed by atoms with van der Waals surface area (Å²) in [7, 11) is 0. The van der Waals surface area contributed by atoms with Crippen LogP contribution in [0.2, 0.25) is 0 Å². The van der Waals surface area contributed by atoms with Crippen LogP contribution in [0.15, 0.2) is 42.5 Å². The van der Waals surface area contributed by atoms with Gasteiger partial charge >= 0.3 is 6.18 Å². The van der Waals surface area contributed by atoms with E-state index in [-0.39, 0.29) is 11.6 Å². The quantitative estimate of drug-likeness (QED) is 0.800. The van der Waals surface area contributed by atoms with Gasteiger partial charge in [0.05, 0.1) is 5.56 Å². The molecule has 2 rings (SSSR count). The number of aryl methyl sites for hydroxylation is 1. The highest BCUT2D eigenvalue weighted by Gasteiger charge is 2.30. The number of rotatable bonds is 2. The minimum absolute atomic E-state index is 0.114. The van der Waals surface area contributed by atoms with E-state index < -0.39 is 11.7 Å². The van der Waals surface area contributed by atoms with Crippen molar-refractivity contribution in [3.8, 4) is 11.6 Å². The Morgan fingerprint density at radius 1 is 1.06 bits per heavy atom. The van der Waals surface area contributed by atoms with Gasteiger partial charge in [0.1, 0.15) is 5.75 Å². The first-order chi connectivity index (χ1) is 8.45. The van der Waals surface area contributed by atoms with E-state index in [0.29, 0.717) is 0 Å². The normalized spacial score (nSPS) is 11.3. The smallest absolute Gasteiger partial charge is 0.416 e. The van der Waals surface area contributed by atoms with Crippen molar-refractivity contribution in [3.63, 3.8) is 0 Å². The summed E-state index contributed by atoms with van der Waals surface area (Å²) in [6.45, 7) is 1.78. The summed E-state index contributed by atoms with van der Waals surface area (Å²) in [5.74, 6) is 0.386. The maximum absolute atomic E-state index is 12.5. The Hall–Kier alpha value is -2.04. The molecule has 18 heavy (non-hydrogen) atoms. The molecule has 0 aliphatic carbocycles. The largest absolute Gasteiger partial charge is 0.439 e. The summed E-state index contributed by atoms with van der Waals surface area (Å²) in [5, 5.41) is 0. The SMILES string of the molecule is Cc1cccc(Oc2cccc(C(F)(F)F)c2)n1. The van der Waals surface area contributed by atoms with Crippen molar-refractivity contribution in [1.29, 1.82) is 0 Å². The number of hydrogen-bond donors (Lipinski definition) is 0. The minimum atomic E-state index is -4.38. The molecule has 1 aromatic carbocycles. The minimum Gasteiger partial charge on any atom is -0.439 e. The number of pyridine rings is 1. The van der Waals surface area contributed by atoms with E-state index in [2.05, 4.69) is 4.98 Å². The molecule has 1 heterocycles. The van der Waals surface area contributed by atoms with Gasteiger partial charge in [-0.25, -0.2) is 4.98 Å². The Bertz CT molecular complexity index is 552. The Labute approximate surface area is 102 Å². The van der Waals surface area contributed by atoms with E-state index in [1.807, 2.05) is 0 Å². The fourth-order valence-electron chi connectivity index (χ4n) is 1.43. The maximum Gasteiger partial charge on any atom is 0.416 e. The molecule has 0 saturated carbocycles. The van der Waals surface area contributed by atoms with Crippen molar-refractivity contribution in [2.75, 3.05) is 0 Å². The summed E-state index contributed by atoms with van der Waals surface area (Å²) >= 11 is 0. The van der Waals surface area contributed by atoms with Crippen LogP contribution in [0.1, 0.15) is 11.3 Å². The Balaban J connectivity index is 2.25. The average Bonchev–Trinajstić information content (AvgIpc) is 2.28. The van der Waals surface area contributed by atoms with E-state index in [1.165, 1.54) is 12.1 Å². The van der Waals surface area contributed by atoms with Crippen molar-refractivity contribution in [3.05, 3.63) is 53.7 Å². The molecule has 1 aromatic heterocycles. The lowest BCUT2D eigenvalue weighted by Gasteiger charge is -2.09. The second-order valence-electron chi connectivity index (χ2n) is 3.74. The van der Waals surface area contributed by atoms with Gasteiger partial charge < -0.3 is 4.74 Å². The van der Waals surface area contributed by atoms with Gasteiger partial charge in [0.2, 0.25) is 5.88 Å². The van der Waals surface area contributed by atoms with Crippen LogP contribution in [0.5, 0.6) is 11.6 Å². The molecule has 0 amide bonds. The van der Waals surface area contributed by atoms with E-state index >= 15 is 0 Å². The summed E-state index contributed by atoms with van der Waals surface area (Å²) in [5.41, 5.74) is -0.00729. The topological polar surface area (TPSA) is 22.1 Å². The van der Waals surface area contributed by atoms with Crippen LogP contribution >= 0.6 is 0 Å². The van der Waals surface area contributed by atoms with Crippen LogP contribution < -0.4 is 4.74 Å². The fourth-order valence-corrected chi connectivity index (χ4v) is 1.43. The highest BCUT2D eigenvalue weighted by molar-refractivity contribution is 5.33. The van der Waals surface area contributed by atoms with E-state index in [1.54, 1.807) is 25.1 Å². The molecular weight excluding hydrogens is 243 g/mol. The van der Waals surface area contributed by atoms with Crippen LogP contribution in [0.3, 0.4) is 0 Å². The van der Waals surface area contributed by atoms with Crippen LogP contribution in [0.25, 0.3) is 0 Å². The van der Waals surface area contributed by atoms with Crippen molar-refractivity contribution < 1.29 is 17.9 Å². The summed E-state index contributed by atoms with van der Waals surface area (Å²) in [6.07, 6.45) is -4.38. The third-order valence-electron chi connectivity index (χ3n) is 2.25. The molecule has 0 radical (unpaired) electrons. The number of hydrogen-bond acceptors (Lipinski definition) is 2. The molecule has 0 unspecified atom stereocenters. The third kappa shape index (κ3) is 3.00. The molecular formula is C13H10F3NO. The Kier molecular flexibility index (Phi) is 3.23. The first kappa shape index (κ1) is 12.4. The number of nitrogens with zero attached hydrogens (tertiary/aromatic N) is 1. The molecule has 0 atom stereocenters. The van der Waals surface area contributed by atoms with Gasteiger partial charge in [-0.1, -0.05) is 12.1 Å². The Morgan fingerprint density at radius 2 is 1.78 bits per heavy atom. The van der Waals surface area contributed by atoms with Crippen molar-refractivity contribution in [2.24, 2.45) is 0 Å². The molecule has 0 aliphatic heterocycles. The third-order valence-corrected chi connectivity index (χ3v) is 2.25. The molecule has 0 N–H and O–H groups in total. The second kappa shape index (κ2) is 4.68.